The number of carbonyl (C=O) groups is 2. The van der Waals surface area contributed by atoms with Crippen molar-refractivity contribution in [2.75, 3.05) is 32.7 Å². The third-order valence-electron chi connectivity index (χ3n) is 3.68. The Bertz CT molecular complexity index is 564. The summed E-state index contributed by atoms with van der Waals surface area (Å²) in [6, 6.07) is 4.00. The summed E-state index contributed by atoms with van der Waals surface area (Å²) in [5.74, 6) is -0.947. The van der Waals surface area contributed by atoms with Gasteiger partial charge in [0, 0.05) is 37.6 Å². The fraction of sp³-hybridized carbons (Fsp3) is 0.467. The molecule has 0 aliphatic carbocycles. The molecule has 1 aromatic carbocycles. The van der Waals surface area contributed by atoms with Gasteiger partial charge in [-0.15, -0.1) is 12.4 Å². The van der Waals surface area contributed by atoms with Crippen molar-refractivity contribution in [2.45, 2.75) is 12.8 Å². The molecule has 1 fully saturated rings. The SMILES string of the molecule is Cl.NCCCC(=O)N1CCN(C(=O)c2ccc(Cl)cc2F)CC1. The van der Waals surface area contributed by atoms with Crippen LogP contribution < -0.4 is 5.73 Å². The molecule has 0 aromatic heterocycles. The fourth-order valence-corrected chi connectivity index (χ4v) is 2.56. The first-order valence-corrected chi connectivity index (χ1v) is 7.63. The molecule has 8 heteroatoms. The van der Waals surface area contributed by atoms with E-state index in [0.717, 1.165) is 6.07 Å². The summed E-state index contributed by atoms with van der Waals surface area (Å²) in [5, 5.41) is 0.254. The number of piperazine rings is 1. The van der Waals surface area contributed by atoms with Gasteiger partial charge in [0.15, 0.2) is 0 Å². The van der Waals surface area contributed by atoms with E-state index in [2.05, 4.69) is 0 Å². The maximum absolute atomic E-state index is 13.8. The standard InChI is InChI=1S/C15H19ClFN3O2.ClH/c16-11-3-4-12(13(17)10-11)15(22)20-8-6-19(7-9-20)14(21)2-1-5-18;/h3-4,10H,1-2,5-9,18H2;1H. The first-order chi connectivity index (χ1) is 10.5. The van der Waals surface area contributed by atoms with Gasteiger partial charge in [0.1, 0.15) is 5.82 Å². The van der Waals surface area contributed by atoms with Crippen LogP contribution in [0.5, 0.6) is 0 Å². The monoisotopic (exact) mass is 363 g/mol. The molecule has 0 spiro atoms. The van der Waals surface area contributed by atoms with Gasteiger partial charge in [0.05, 0.1) is 5.56 Å². The average molecular weight is 364 g/mol. The van der Waals surface area contributed by atoms with E-state index in [-0.39, 0.29) is 34.8 Å². The Morgan fingerprint density at radius 3 is 2.35 bits per heavy atom. The summed E-state index contributed by atoms with van der Waals surface area (Å²) in [6.45, 7) is 2.21. The van der Waals surface area contributed by atoms with E-state index >= 15 is 0 Å². The predicted molar refractivity (Wildman–Crippen MR) is 89.4 cm³/mol. The molecule has 1 aliphatic rings. The molecule has 0 atom stereocenters. The van der Waals surface area contributed by atoms with Crippen LogP contribution in [-0.4, -0.2) is 54.3 Å². The van der Waals surface area contributed by atoms with E-state index < -0.39 is 5.82 Å². The van der Waals surface area contributed by atoms with Crippen molar-refractivity contribution < 1.29 is 14.0 Å². The molecular weight excluding hydrogens is 344 g/mol. The van der Waals surface area contributed by atoms with Crippen molar-refractivity contribution in [1.82, 2.24) is 9.80 Å². The zero-order chi connectivity index (χ0) is 16.1. The Morgan fingerprint density at radius 2 is 1.78 bits per heavy atom. The highest BCUT2D eigenvalue weighted by Crippen LogP contribution is 2.17. The molecule has 23 heavy (non-hydrogen) atoms. The number of nitrogens with zero attached hydrogens (tertiary/aromatic N) is 2. The van der Waals surface area contributed by atoms with Gasteiger partial charge in [0.2, 0.25) is 5.91 Å². The third-order valence-corrected chi connectivity index (χ3v) is 3.91. The van der Waals surface area contributed by atoms with Crippen LogP contribution in [0.4, 0.5) is 4.39 Å². The van der Waals surface area contributed by atoms with Gasteiger partial charge in [-0.05, 0) is 31.2 Å². The van der Waals surface area contributed by atoms with Crippen LogP contribution >= 0.6 is 24.0 Å². The van der Waals surface area contributed by atoms with Gasteiger partial charge in [-0.2, -0.15) is 0 Å². The summed E-state index contributed by atoms with van der Waals surface area (Å²) < 4.78 is 13.8. The Kier molecular flexibility index (Phi) is 7.75. The van der Waals surface area contributed by atoms with Crippen molar-refractivity contribution in [3.05, 3.63) is 34.6 Å². The molecule has 0 radical (unpaired) electrons. The minimum atomic E-state index is -0.626. The van der Waals surface area contributed by atoms with Crippen LogP contribution in [0.1, 0.15) is 23.2 Å². The summed E-state index contributed by atoms with van der Waals surface area (Å²) in [5.41, 5.74) is 5.40. The van der Waals surface area contributed by atoms with Gasteiger partial charge in [-0.25, -0.2) is 4.39 Å². The van der Waals surface area contributed by atoms with Gasteiger partial charge in [-0.3, -0.25) is 9.59 Å². The Balaban J connectivity index is 0.00000264. The second-order valence-corrected chi connectivity index (χ2v) is 5.63. The quantitative estimate of drug-likeness (QED) is 0.888. The molecule has 0 bridgehead atoms. The summed E-state index contributed by atoms with van der Waals surface area (Å²) >= 11 is 5.69. The predicted octanol–water partition coefficient (Wildman–Crippen LogP) is 1.92. The maximum Gasteiger partial charge on any atom is 0.256 e. The molecular formula is C15H20Cl2FN3O2. The first-order valence-electron chi connectivity index (χ1n) is 7.25. The van der Waals surface area contributed by atoms with E-state index in [0.29, 0.717) is 45.6 Å². The molecule has 1 saturated heterocycles. The maximum atomic E-state index is 13.8. The van der Waals surface area contributed by atoms with Crippen LogP contribution in [0.3, 0.4) is 0 Å². The number of benzene rings is 1. The Labute approximate surface area is 146 Å². The fourth-order valence-electron chi connectivity index (χ4n) is 2.40. The van der Waals surface area contributed by atoms with E-state index in [1.54, 1.807) is 9.80 Å². The summed E-state index contributed by atoms with van der Waals surface area (Å²) in [6.07, 6.45) is 1.09. The van der Waals surface area contributed by atoms with Gasteiger partial charge < -0.3 is 15.5 Å². The average Bonchev–Trinajstić information content (AvgIpc) is 2.52. The molecule has 0 unspecified atom stereocenters. The number of nitrogens with two attached hydrogens (primary N) is 1. The smallest absolute Gasteiger partial charge is 0.256 e. The second-order valence-electron chi connectivity index (χ2n) is 5.19. The van der Waals surface area contributed by atoms with Crippen LogP contribution in [0.2, 0.25) is 5.02 Å². The van der Waals surface area contributed by atoms with Crippen molar-refractivity contribution in [2.24, 2.45) is 5.73 Å². The highest BCUT2D eigenvalue weighted by Gasteiger charge is 2.25. The molecule has 2 N–H and O–H groups in total. The van der Waals surface area contributed by atoms with E-state index in [9.17, 15) is 14.0 Å². The molecule has 2 rings (SSSR count). The van der Waals surface area contributed by atoms with Crippen LogP contribution in [0, 0.1) is 5.82 Å². The lowest BCUT2D eigenvalue weighted by atomic mass is 10.1. The molecule has 1 aliphatic heterocycles. The highest BCUT2D eigenvalue weighted by molar-refractivity contribution is 6.30. The number of carbonyl (C=O) groups excluding carboxylic acids is 2. The lowest BCUT2D eigenvalue weighted by molar-refractivity contribution is -0.132. The van der Waals surface area contributed by atoms with Crippen molar-refractivity contribution >= 4 is 35.8 Å². The van der Waals surface area contributed by atoms with E-state index in [1.165, 1.54) is 12.1 Å². The number of rotatable bonds is 4. The number of amides is 2. The van der Waals surface area contributed by atoms with Crippen molar-refractivity contribution in [3.8, 4) is 0 Å². The molecule has 5 nitrogen and oxygen atoms in total. The zero-order valence-electron chi connectivity index (χ0n) is 12.6. The highest BCUT2D eigenvalue weighted by atomic mass is 35.5. The minimum Gasteiger partial charge on any atom is -0.339 e. The van der Waals surface area contributed by atoms with Crippen LogP contribution in [-0.2, 0) is 4.79 Å². The number of halogens is 3. The second kappa shape index (κ2) is 9.05. The van der Waals surface area contributed by atoms with Crippen LogP contribution in [0.15, 0.2) is 18.2 Å². The largest absolute Gasteiger partial charge is 0.339 e. The Morgan fingerprint density at radius 1 is 1.17 bits per heavy atom. The molecule has 1 aromatic rings. The normalized spacial score (nSPS) is 14.4. The summed E-state index contributed by atoms with van der Waals surface area (Å²) in [4.78, 5) is 27.5. The first kappa shape index (κ1) is 19.7. The third kappa shape index (κ3) is 5.06. The summed E-state index contributed by atoms with van der Waals surface area (Å²) in [7, 11) is 0. The van der Waals surface area contributed by atoms with Crippen molar-refractivity contribution in [1.29, 1.82) is 0 Å². The van der Waals surface area contributed by atoms with Crippen molar-refractivity contribution in [3.63, 3.8) is 0 Å². The van der Waals surface area contributed by atoms with Crippen LogP contribution in [0.25, 0.3) is 0 Å². The lowest BCUT2D eigenvalue weighted by Gasteiger charge is -2.35. The molecule has 0 saturated carbocycles. The molecule has 1 heterocycles. The number of hydrogen-bond acceptors (Lipinski definition) is 3. The topological polar surface area (TPSA) is 66.6 Å². The van der Waals surface area contributed by atoms with E-state index in [4.69, 9.17) is 17.3 Å². The number of hydrogen-bond donors (Lipinski definition) is 1. The Hall–Kier alpha value is -1.37. The van der Waals surface area contributed by atoms with E-state index in [1.807, 2.05) is 0 Å². The van der Waals surface area contributed by atoms with Gasteiger partial charge in [0.25, 0.3) is 5.91 Å². The van der Waals surface area contributed by atoms with Gasteiger partial charge in [-0.1, -0.05) is 11.6 Å². The lowest BCUT2D eigenvalue weighted by Crippen LogP contribution is -2.50. The molecule has 128 valence electrons. The minimum absolute atomic E-state index is 0. The van der Waals surface area contributed by atoms with Gasteiger partial charge >= 0.3 is 0 Å². The molecule has 2 amide bonds. The zero-order valence-corrected chi connectivity index (χ0v) is 14.2.